The number of carbonyl (C=O) groups excluding carboxylic acids is 1. The summed E-state index contributed by atoms with van der Waals surface area (Å²) in [6, 6.07) is 16.9. The molecule has 2 aromatic carbocycles. The first-order chi connectivity index (χ1) is 15.5. The van der Waals surface area contributed by atoms with Gasteiger partial charge in [-0.15, -0.1) is 5.10 Å². The van der Waals surface area contributed by atoms with Crippen LogP contribution in [0.15, 0.2) is 54.6 Å². The molecule has 2 N–H and O–H groups in total. The van der Waals surface area contributed by atoms with Crippen molar-refractivity contribution in [1.82, 2.24) is 25.5 Å². The Labute approximate surface area is 185 Å². The van der Waals surface area contributed by atoms with Gasteiger partial charge >= 0.3 is 5.97 Å². The van der Waals surface area contributed by atoms with Crippen molar-refractivity contribution in [2.24, 2.45) is 5.92 Å². The number of ether oxygens (including phenoxy) is 1. The molecule has 0 aliphatic heterocycles. The quantitative estimate of drug-likeness (QED) is 0.529. The molecule has 0 atom stereocenters. The lowest BCUT2D eigenvalue weighted by atomic mass is 9.66. The molecule has 1 fully saturated rings. The van der Waals surface area contributed by atoms with Gasteiger partial charge in [0, 0.05) is 6.54 Å². The van der Waals surface area contributed by atoms with Crippen LogP contribution in [-0.2, 0) is 16.9 Å². The summed E-state index contributed by atoms with van der Waals surface area (Å²) in [5.41, 5.74) is 0.375. The van der Waals surface area contributed by atoms with E-state index in [1.807, 2.05) is 61.5 Å². The summed E-state index contributed by atoms with van der Waals surface area (Å²) in [7, 11) is 0. The molecule has 0 spiro atoms. The maximum atomic E-state index is 12.8. The normalized spacial score (nSPS) is 19.7. The highest BCUT2D eigenvalue weighted by molar-refractivity contribution is 5.90. The van der Waals surface area contributed by atoms with Crippen LogP contribution in [0.1, 0.15) is 48.8 Å². The van der Waals surface area contributed by atoms with E-state index in [9.17, 15) is 14.7 Å². The Bertz CT molecular complexity index is 1080. The largest absolute Gasteiger partial charge is 0.481 e. The van der Waals surface area contributed by atoms with Gasteiger partial charge in [0.05, 0.1) is 11.5 Å². The number of aliphatic carboxylic acids is 1. The van der Waals surface area contributed by atoms with Gasteiger partial charge in [-0.2, -0.15) is 0 Å². The first kappa shape index (κ1) is 21.5. The third-order valence-electron chi connectivity index (χ3n) is 5.79. The topological polar surface area (TPSA) is 119 Å². The van der Waals surface area contributed by atoms with Crippen LogP contribution < -0.4 is 10.1 Å². The number of aromatic nitrogens is 4. The van der Waals surface area contributed by atoms with Crippen molar-refractivity contribution < 1.29 is 19.4 Å². The maximum absolute atomic E-state index is 12.8. The zero-order valence-corrected chi connectivity index (χ0v) is 17.8. The zero-order chi connectivity index (χ0) is 22.6. The van der Waals surface area contributed by atoms with Crippen molar-refractivity contribution >= 4 is 11.9 Å². The Kier molecular flexibility index (Phi) is 6.16. The smallest absolute Gasteiger partial charge is 0.306 e. The molecule has 1 aromatic heterocycles. The Morgan fingerprint density at radius 2 is 1.81 bits per heavy atom. The second kappa shape index (κ2) is 9.17. The number of para-hydroxylation sites is 1. The van der Waals surface area contributed by atoms with Gasteiger partial charge in [-0.3, -0.25) is 9.59 Å². The third-order valence-corrected chi connectivity index (χ3v) is 5.79. The molecule has 0 saturated heterocycles. The number of benzene rings is 2. The number of hydrogen-bond acceptors (Lipinski definition) is 6. The van der Waals surface area contributed by atoms with Crippen molar-refractivity contribution in [3.8, 4) is 11.5 Å². The molecular formula is C23H25N5O4. The summed E-state index contributed by atoms with van der Waals surface area (Å²) in [6.07, 6.45) is 2.39. The van der Waals surface area contributed by atoms with Crippen molar-refractivity contribution in [3.05, 3.63) is 66.0 Å². The lowest BCUT2D eigenvalue weighted by Gasteiger charge is -2.45. The lowest BCUT2D eigenvalue weighted by Crippen LogP contribution is -2.51. The second-order valence-corrected chi connectivity index (χ2v) is 8.07. The lowest BCUT2D eigenvalue weighted by molar-refractivity contribution is -0.150. The van der Waals surface area contributed by atoms with Gasteiger partial charge in [-0.1, -0.05) is 43.7 Å². The summed E-state index contributed by atoms with van der Waals surface area (Å²) in [5, 5.41) is 23.8. The number of hydrogen-bond donors (Lipinski definition) is 2. The molecule has 166 valence electrons. The Morgan fingerprint density at radius 1 is 1.12 bits per heavy atom. The number of carbonyl (C=O) groups is 2. The van der Waals surface area contributed by atoms with Gasteiger partial charge in [0.2, 0.25) is 5.82 Å². The fourth-order valence-electron chi connectivity index (χ4n) is 4.19. The molecule has 1 aliphatic carbocycles. The summed E-state index contributed by atoms with van der Waals surface area (Å²) in [5.74, 6) is -0.0915. The second-order valence-electron chi connectivity index (χ2n) is 8.07. The van der Waals surface area contributed by atoms with E-state index in [1.165, 1.54) is 4.68 Å². The van der Waals surface area contributed by atoms with Crippen LogP contribution in [-0.4, -0.2) is 37.2 Å². The fourth-order valence-corrected chi connectivity index (χ4v) is 4.19. The van der Waals surface area contributed by atoms with Crippen molar-refractivity contribution in [1.29, 1.82) is 0 Å². The highest BCUT2D eigenvalue weighted by Crippen LogP contribution is 2.47. The number of carboxylic acid groups (broad SMARTS) is 1. The number of amides is 1. The van der Waals surface area contributed by atoms with Crippen LogP contribution in [0, 0.1) is 5.92 Å². The minimum absolute atomic E-state index is 0.103. The predicted molar refractivity (Wildman–Crippen MR) is 115 cm³/mol. The highest BCUT2D eigenvalue weighted by Gasteiger charge is 2.50. The summed E-state index contributed by atoms with van der Waals surface area (Å²) < 4.78 is 7.30. The molecule has 3 aromatic rings. The average molecular weight is 435 g/mol. The first-order valence-electron chi connectivity index (χ1n) is 10.6. The minimum atomic E-state index is -0.824. The molecule has 1 heterocycles. The van der Waals surface area contributed by atoms with E-state index in [2.05, 4.69) is 20.8 Å². The molecule has 32 heavy (non-hydrogen) atoms. The fraction of sp³-hybridized carbons (Fsp3) is 0.348. The summed E-state index contributed by atoms with van der Waals surface area (Å²) in [6.45, 7) is 2.32. The number of tetrazole rings is 1. The van der Waals surface area contributed by atoms with Crippen LogP contribution in [0.2, 0.25) is 0 Å². The Morgan fingerprint density at radius 3 is 2.47 bits per heavy atom. The third kappa shape index (κ3) is 4.46. The van der Waals surface area contributed by atoms with Crippen LogP contribution in [0.25, 0.3) is 0 Å². The Balaban J connectivity index is 1.39. The first-order valence-corrected chi connectivity index (χ1v) is 10.6. The van der Waals surface area contributed by atoms with E-state index in [0.717, 1.165) is 17.7 Å². The molecule has 4 rings (SSSR count). The van der Waals surface area contributed by atoms with Gasteiger partial charge in [-0.05, 0) is 59.5 Å². The zero-order valence-electron chi connectivity index (χ0n) is 17.8. The van der Waals surface area contributed by atoms with Crippen LogP contribution in [0.3, 0.4) is 0 Å². The number of nitrogens with zero attached hydrogens (tertiary/aromatic N) is 4. The van der Waals surface area contributed by atoms with E-state index in [1.54, 1.807) is 0 Å². The maximum Gasteiger partial charge on any atom is 0.306 e. The van der Waals surface area contributed by atoms with E-state index in [-0.39, 0.29) is 5.82 Å². The van der Waals surface area contributed by atoms with Crippen molar-refractivity contribution in [3.63, 3.8) is 0 Å². The molecule has 1 amide bonds. The molecule has 0 bridgehead atoms. The minimum Gasteiger partial charge on any atom is -0.481 e. The standard InChI is InChI=1S/C23H25N5O4/c1-2-12-23(13-17(14-23)22(30)31)28-20(25-26-27-28)21(29)24-15-16-8-10-19(11-9-16)32-18-6-4-3-5-7-18/h3-11,17H,2,12-15H2,1H3,(H,24,29)(H,30,31). The molecular weight excluding hydrogens is 410 g/mol. The van der Waals surface area contributed by atoms with Gasteiger partial charge in [0.1, 0.15) is 11.5 Å². The van der Waals surface area contributed by atoms with Gasteiger partial charge in [0.25, 0.3) is 5.91 Å². The molecule has 0 radical (unpaired) electrons. The highest BCUT2D eigenvalue weighted by atomic mass is 16.5. The van der Waals surface area contributed by atoms with Gasteiger partial charge in [0.15, 0.2) is 0 Å². The van der Waals surface area contributed by atoms with Crippen molar-refractivity contribution in [2.75, 3.05) is 0 Å². The van der Waals surface area contributed by atoms with Gasteiger partial charge < -0.3 is 15.2 Å². The van der Waals surface area contributed by atoms with E-state index in [4.69, 9.17) is 4.74 Å². The molecule has 1 saturated carbocycles. The number of nitrogens with one attached hydrogen (secondary N) is 1. The molecule has 9 nitrogen and oxygen atoms in total. The number of carboxylic acids is 1. The predicted octanol–water partition coefficient (Wildman–Crippen LogP) is 3.39. The van der Waals surface area contributed by atoms with Crippen LogP contribution in [0.4, 0.5) is 0 Å². The monoisotopic (exact) mass is 435 g/mol. The van der Waals surface area contributed by atoms with E-state index in [0.29, 0.717) is 31.6 Å². The summed E-state index contributed by atoms with van der Waals surface area (Å²) >= 11 is 0. The van der Waals surface area contributed by atoms with Crippen LogP contribution >= 0.6 is 0 Å². The van der Waals surface area contributed by atoms with Crippen molar-refractivity contribution in [2.45, 2.75) is 44.7 Å². The van der Waals surface area contributed by atoms with Crippen LogP contribution in [0.5, 0.6) is 11.5 Å². The van der Waals surface area contributed by atoms with E-state index >= 15 is 0 Å². The summed E-state index contributed by atoms with van der Waals surface area (Å²) in [4.78, 5) is 24.1. The number of rotatable bonds is 9. The molecule has 0 unspecified atom stereocenters. The van der Waals surface area contributed by atoms with E-state index < -0.39 is 23.3 Å². The SMILES string of the molecule is CCCC1(n2nnnc2C(=O)NCc2ccc(Oc3ccccc3)cc2)CC(C(=O)O)C1. The molecule has 1 aliphatic rings. The molecule has 9 heteroatoms. The van der Waals surface area contributed by atoms with Gasteiger partial charge in [-0.25, -0.2) is 4.68 Å². The average Bonchev–Trinajstić information content (AvgIpc) is 3.26. The Hall–Kier alpha value is -3.75.